The average Bonchev–Trinajstić information content (AvgIpc) is 3.35. The van der Waals surface area contributed by atoms with E-state index in [-0.39, 0.29) is 24.2 Å². The van der Waals surface area contributed by atoms with Gasteiger partial charge in [-0.2, -0.15) is 0 Å². The molecule has 0 radical (unpaired) electrons. The van der Waals surface area contributed by atoms with E-state index in [1.54, 1.807) is 0 Å². The van der Waals surface area contributed by atoms with E-state index in [0.717, 1.165) is 13.0 Å². The Hall–Kier alpha value is -1.35. The van der Waals surface area contributed by atoms with Crippen molar-refractivity contribution in [2.45, 2.75) is 65.1 Å². The molecular weight excluding hydrogens is 298 g/mol. The first kappa shape index (κ1) is 17.5. The fraction of sp³-hybridized carbons (Fsp3) is 0.667. The molecule has 1 aliphatic heterocycles. The first-order chi connectivity index (χ1) is 11.5. The molecule has 3 heteroatoms. The standard InChI is InChI=1S/C21H31NO2/c1-14(2)18-11-10-15(3)12-20(18)24-21(23)19-13-22(19)16(4)17-8-6-5-7-9-17/h5-9,14-16,18-20H,10-13H2,1-4H3/t15-,16+,18+,19+,20-,22?/m1/s1. The van der Waals surface area contributed by atoms with Gasteiger partial charge < -0.3 is 4.74 Å². The maximum absolute atomic E-state index is 12.6. The zero-order valence-corrected chi connectivity index (χ0v) is 15.4. The maximum Gasteiger partial charge on any atom is 0.325 e. The molecule has 0 N–H and O–H groups in total. The van der Waals surface area contributed by atoms with Gasteiger partial charge in [0, 0.05) is 12.6 Å². The second-order valence-electron chi connectivity index (χ2n) is 8.10. The van der Waals surface area contributed by atoms with Crippen LogP contribution in [0.5, 0.6) is 0 Å². The Morgan fingerprint density at radius 1 is 1.17 bits per heavy atom. The van der Waals surface area contributed by atoms with Crippen molar-refractivity contribution in [1.29, 1.82) is 0 Å². The van der Waals surface area contributed by atoms with Gasteiger partial charge in [0.2, 0.25) is 0 Å². The molecule has 1 aliphatic carbocycles. The summed E-state index contributed by atoms with van der Waals surface area (Å²) in [6.07, 6.45) is 3.58. The quantitative estimate of drug-likeness (QED) is 0.591. The molecule has 1 aromatic carbocycles. The molecular formula is C21H31NO2. The van der Waals surface area contributed by atoms with E-state index in [1.807, 2.05) is 6.07 Å². The summed E-state index contributed by atoms with van der Waals surface area (Å²) in [5, 5.41) is 0. The number of carbonyl (C=O) groups excluding carboxylic acids is 1. The van der Waals surface area contributed by atoms with E-state index in [4.69, 9.17) is 4.74 Å². The lowest BCUT2D eigenvalue weighted by molar-refractivity contribution is -0.156. The lowest BCUT2D eigenvalue weighted by atomic mass is 9.75. The summed E-state index contributed by atoms with van der Waals surface area (Å²) in [5.41, 5.74) is 1.26. The van der Waals surface area contributed by atoms with E-state index >= 15 is 0 Å². The predicted molar refractivity (Wildman–Crippen MR) is 96.6 cm³/mol. The third kappa shape index (κ3) is 3.83. The van der Waals surface area contributed by atoms with Gasteiger partial charge in [-0.3, -0.25) is 9.69 Å². The molecule has 0 aromatic heterocycles. The number of ether oxygens (including phenoxy) is 1. The van der Waals surface area contributed by atoms with Crippen LogP contribution in [0.3, 0.4) is 0 Å². The molecule has 3 nitrogen and oxygen atoms in total. The number of carbonyl (C=O) groups is 1. The van der Waals surface area contributed by atoms with Gasteiger partial charge in [-0.25, -0.2) is 0 Å². The number of nitrogens with zero attached hydrogens (tertiary/aromatic N) is 1. The van der Waals surface area contributed by atoms with Crippen molar-refractivity contribution in [3.63, 3.8) is 0 Å². The molecule has 2 aliphatic rings. The highest BCUT2D eigenvalue weighted by molar-refractivity contribution is 5.79. The molecule has 1 unspecified atom stereocenters. The summed E-state index contributed by atoms with van der Waals surface area (Å²) < 4.78 is 6.00. The van der Waals surface area contributed by atoms with Crippen molar-refractivity contribution in [3.8, 4) is 0 Å². The maximum atomic E-state index is 12.6. The van der Waals surface area contributed by atoms with Gasteiger partial charge in [-0.05, 0) is 43.1 Å². The van der Waals surface area contributed by atoms with E-state index in [0.29, 0.717) is 17.8 Å². The second-order valence-corrected chi connectivity index (χ2v) is 8.10. The van der Waals surface area contributed by atoms with Crippen LogP contribution < -0.4 is 0 Å². The fourth-order valence-corrected chi connectivity index (χ4v) is 4.19. The van der Waals surface area contributed by atoms with Crippen LogP contribution in [-0.2, 0) is 9.53 Å². The minimum absolute atomic E-state index is 0.0115. The Labute approximate surface area is 146 Å². The first-order valence-corrected chi connectivity index (χ1v) is 9.48. The van der Waals surface area contributed by atoms with Gasteiger partial charge in [0.25, 0.3) is 0 Å². The van der Waals surface area contributed by atoms with Crippen LogP contribution in [0.25, 0.3) is 0 Å². The number of hydrogen-bond acceptors (Lipinski definition) is 3. The highest BCUT2D eigenvalue weighted by Gasteiger charge is 2.46. The molecule has 3 rings (SSSR count). The zero-order chi connectivity index (χ0) is 17.3. The number of rotatable bonds is 5. The molecule has 1 heterocycles. The third-order valence-corrected chi connectivity index (χ3v) is 5.93. The van der Waals surface area contributed by atoms with Crippen LogP contribution in [0.4, 0.5) is 0 Å². The van der Waals surface area contributed by atoms with Gasteiger partial charge in [-0.1, -0.05) is 57.5 Å². The molecule has 24 heavy (non-hydrogen) atoms. The number of esters is 1. The van der Waals surface area contributed by atoms with E-state index in [9.17, 15) is 4.79 Å². The molecule has 1 aromatic rings. The van der Waals surface area contributed by atoms with Crippen LogP contribution in [-0.4, -0.2) is 29.6 Å². The topological polar surface area (TPSA) is 29.3 Å². The predicted octanol–water partition coefficient (Wildman–Crippen LogP) is 4.44. The molecule has 0 bridgehead atoms. The lowest BCUT2D eigenvalue weighted by Crippen LogP contribution is -2.37. The van der Waals surface area contributed by atoms with Crippen molar-refractivity contribution in [2.75, 3.05) is 6.54 Å². The monoisotopic (exact) mass is 329 g/mol. The SMILES string of the molecule is CC(C)[C@@H]1CC[C@@H](C)C[C@H]1OC(=O)[C@@H]1CN1[C@@H](C)c1ccccc1. The van der Waals surface area contributed by atoms with Gasteiger partial charge in [0.15, 0.2) is 0 Å². The van der Waals surface area contributed by atoms with Gasteiger partial charge in [0.05, 0.1) is 0 Å². The van der Waals surface area contributed by atoms with Gasteiger partial charge >= 0.3 is 5.97 Å². The highest BCUT2D eigenvalue weighted by atomic mass is 16.5. The Bertz CT molecular complexity index is 556. The molecule has 1 saturated heterocycles. The van der Waals surface area contributed by atoms with Crippen molar-refractivity contribution >= 4 is 5.97 Å². The Morgan fingerprint density at radius 2 is 1.88 bits per heavy atom. The Balaban J connectivity index is 1.57. The Morgan fingerprint density at radius 3 is 2.54 bits per heavy atom. The summed E-state index contributed by atoms with van der Waals surface area (Å²) in [6, 6.07) is 10.6. The Kier molecular flexibility index (Phi) is 5.29. The zero-order valence-electron chi connectivity index (χ0n) is 15.4. The summed E-state index contributed by atoms with van der Waals surface area (Å²) in [7, 11) is 0. The fourth-order valence-electron chi connectivity index (χ4n) is 4.19. The first-order valence-electron chi connectivity index (χ1n) is 9.48. The number of benzene rings is 1. The largest absolute Gasteiger partial charge is 0.461 e. The van der Waals surface area contributed by atoms with Gasteiger partial charge in [0.1, 0.15) is 12.1 Å². The van der Waals surface area contributed by atoms with Crippen molar-refractivity contribution in [2.24, 2.45) is 17.8 Å². The molecule has 2 fully saturated rings. The molecule has 0 spiro atoms. The van der Waals surface area contributed by atoms with Crippen molar-refractivity contribution in [3.05, 3.63) is 35.9 Å². The van der Waals surface area contributed by atoms with Crippen LogP contribution in [0.1, 0.15) is 58.6 Å². The van der Waals surface area contributed by atoms with E-state index < -0.39 is 0 Å². The lowest BCUT2D eigenvalue weighted by Gasteiger charge is -2.36. The minimum Gasteiger partial charge on any atom is -0.461 e. The average molecular weight is 329 g/mol. The van der Waals surface area contributed by atoms with Gasteiger partial charge in [-0.15, -0.1) is 0 Å². The second kappa shape index (κ2) is 7.26. The normalized spacial score (nSPS) is 34.0. The van der Waals surface area contributed by atoms with E-state index in [1.165, 1.54) is 18.4 Å². The van der Waals surface area contributed by atoms with E-state index in [2.05, 4.69) is 56.9 Å². The van der Waals surface area contributed by atoms with Crippen LogP contribution in [0.2, 0.25) is 0 Å². The number of hydrogen-bond donors (Lipinski definition) is 0. The molecule has 6 atom stereocenters. The summed E-state index contributed by atoms with van der Waals surface area (Å²) >= 11 is 0. The van der Waals surface area contributed by atoms with Crippen molar-refractivity contribution < 1.29 is 9.53 Å². The minimum atomic E-state index is -0.0507. The summed E-state index contributed by atoms with van der Waals surface area (Å²) in [5.74, 6) is 1.75. The summed E-state index contributed by atoms with van der Waals surface area (Å²) in [4.78, 5) is 14.9. The molecule has 1 saturated carbocycles. The van der Waals surface area contributed by atoms with Crippen molar-refractivity contribution in [1.82, 2.24) is 4.90 Å². The van der Waals surface area contributed by atoms with Crippen LogP contribution in [0.15, 0.2) is 30.3 Å². The smallest absolute Gasteiger partial charge is 0.325 e. The van der Waals surface area contributed by atoms with Crippen LogP contribution in [0, 0.1) is 17.8 Å². The summed E-state index contributed by atoms with van der Waals surface area (Å²) in [6.45, 7) is 9.77. The van der Waals surface area contributed by atoms with Crippen LogP contribution >= 0.6 is 0 Å². The molecule has 132 valence electrons. The third-order valence-electron chi connectivity index (χ3n) is 5.93. The molecule has 0 amide bonds. The highest BCUT2D eigenvalue weighted by Crippen LogP contribution is 2.37.